The van der Waals surface area contributed by atoms with Crippen LogP contribution in [0.1, 0.15) is 18.5 Å². The van der Waals surface area contributed by atoms with Gasteiger partial charge >= 0.3 is 0 Å². The van der Waals surface area contributed by atoms with Crippen molar-refractivity contribution in [1.82, 2.24) is 4.98 Å². The second-order valence-corrected chi connectivity index (χ2v) is 3.96. The number of nitrogens with one attached hydrogen (secondary N) is 2. The lowest BCUT2D eigenvalue weighted by molar-refractivity contribution is 0.875. The van der Waals surface area contributed by atoms with Gasteiger partial charge in [0.1, 0.15) is 5.82 Å². The van der Waals surface area contributed by atoms with Crippen molar-refractivity contribution in [1.29, 1.82) is 0 Å². The molecule has 0 radical (unpaired) electrons. The van der Waals surface area contributed by atoms with E-state index in [0.29, 0.717) is 0 Å². The van der Waals surface area contributed by atoms with E-state index in [-0.39, 0.29) is 6.04 Å². The molecule has 0 saturated heterocycles. The maximum atomic E-state index is 4.34. The summed E-state index contributed by atoms with van der Waals surface area (Å²) in [5.41, 5.74) is 2.27. The van der Waals surface area contributed by atoms with Gasteiger partial charge in [0.05, 0.1) is 11.9 Å². The number of benzene rings is 1. The molecule has 17 heavy (non-hydrogen) atoms. The Morgan fingerprint density at radius 3 is 2.41 bits per heavy atom. The second-order valence-electron chi connectivity index (χ2n) is 3.96. The molecule has 2 aromatic rings. The Hall–Kier alpha value is -2.03. The Labute approximate surface area is 102 Å². The van der Waals surface area contributed by atoms with Crippen LogP contribution >= 0.6 is 0 Å². The minimum atomic E-state index is 0.254. The molecule has 0 spiro atoms. The number of rotatable bonds is 4. The monoisotopic (exact) mass is 227 g/mol. The molecule has 1 atom stereocenters. The van der Waals surface area contributed by atoms with Gasteiger partial charge in [0.15, 0.2) is 0 Å². The molecule has 1 aromatic carbocycles. The van der Waals surface area contributed by atoms with Crippen LogP contribution in [0.5, 0.6) is 0 Å². The smallest absolute Gasteiger partial charge is 0.126 e. The molecule has 0 aliphatic heterocycles. The van der Waals surface area contributed by atoms with Crippen molar-refractivity contribution in [3.05, 3.63) is 54.2 Å². The molecule has 3 nitrogen and oxygen atoms in total. The molecule has 0 saturated carbocycles. The van der Waals surface area contributed by atoms with Crippen LogP contribution in [0.3, 0.4) is 0 Å². The van der Waals surface area contributed by atoms with Gasteiger partial charge in [-0.2, -0.15) is 0 Å². The molecule has 2 N–H and O–H groups in total. The molecule has 1 heterocycles. The van der Waals surface area contributed by atoms with Crippen molar-refractivity contribution in [3.8, 4) is 0 Å². The summed E-state index contributed by atoms with van der Waals surface area (Å²) in [5.74, 6) is 0.889. The zero-order valence-electron chi connectivity index (χ0n) is 10.1. The van der Waals surface area contributed by atoms with Crippen molar-refractivity contribution in [2.24, 2.45) is 0 Å². The molecule has 0 bridgehead atoms. The Morgan fingerprint density at radius 2 is 1.82 bits per heavy atom. The van der Waals surface area contributed by atoms with Gasteiger partial charge < -0.3 is 10.6 Å². The van der Waals surface area contributed by atoms with Crippen LogP contribution in [-0.2, 0) is 0 Å². The molecule has 0 amide bonds. The standard InChI is InChI=1S/C14H17N3/c1-11(12-6-4-3-5-7-12)17-14-9-8-13(15-2)10-16-14/h3-11,15H,1-2H3,(H,16,17). The van der Waals surface area contributed by atoms with E-state index in [4.69, 9.17) is 0 Å². The van der Waals surface area contributed by atoms with Crippen molar-refractivity contribution in [2.45, 2.75) is 13.0 Å². The Balaban J connectivity index is 2.05. The quantitative estimate of drug-likeness (QED) is 0.841. The Kier molecular flexibility index (Phi) is 3.60. The molecular weight excluding hydrogens is 210 g/mol. The van der Waals surface area contributed by atoms with Gasteiger partial charge in [0.25, 0.3) is 0 Å². The molecule has 1 aromatic heterocycles. The third-order valence-electron chi connectivity index (χ3n) is 2.72. The molecule has 0 aliphatic carbocycles. The topological polar surface area (TPSA) is 37.0 Å². The molecule has 0 aliphatic rings. The van der Waals surface area contributed by atoms with Crippen LogP contribution in [0.15, 0.2) is 48.7 Å². The van der Waals surface area contributed by atoms with Gasteiger partial charge in [0, 0.05) is 13.1 Å². The number of pyridine rings is 1. The second kappa shape index (κ2) is 5.34. The lowest BCUT2D eigenvalue weighted by atomic mass is 10.1. The first-order chi connectivity index (χ1) is 8.29. The fourth-order valence-corrected chi connectivity index (χ4v) is 1.67. The molecule has 1 unspecified atom stereocenters. The summed E-state index contributed by atoms with van der Waals surface area (Å²) in [6.45, 7) is 2.13. The number of hydrogen-bond donors (Lipinski definition) is 2. The van der Waals surface area contributed by atoms with E-state index in [1.165, 1.54) is 5.56 Å². The zero-order chi connectivity index (χ0) is 12.1. The minimum Gasteiger partial charge on any atom is -0.387 e. The summed E-state index contributed by atoms with van der Waals surface area (Å²) in [4.78, 5) is 4.34. The van der Waals surface area contributed by atoms with Gasteiger partial charge in [-0.25, -0.2) is 4.98 Å². The SMILES string of the molecule is CNc1ccc(NC(C)c2ccccc2)nc1. The lowest BCUT2D eigenvalue weighted by Crippen LogP contribution is -2.07. The van der Waals surface area contributed by atoms with E-state index in [1.807, 2.05) is 43.6 Å². The summed E-state index contributed by atoms with van der Waals surface area (Å²) < 4.78 is 0. The highest BCUT2D eigenvalue weighted by molar-refractivity contribution is 5.47. The van der Waals surface area contributed by atoms with E-state index in [1.54, 1.807) is 0 Å². The van der Waals surface area contributed by atoms with Crippen molar-refractivity contribution in [3.63, 3.8) is 0 Å². The van der Waals surface area contributed by atoms with Crippen molar-refractivity contribution < 1.29 is 0 Å². The maximum Gasteiger partial charge on any atom is 0.126 e. The van der Waals surface area contributed by atoms with Crippen LogP contribution in [0.4, 0.5) is 11.5 Å². The van der Waals surface area contributed by atoms with Crippen molar-refractivity contribution >= 4 is 11.5 Å². The molecule has 3 heteroatoms. The van der Waals surface area contributed by atoms with Crippen LogP contribution in [0.2, 0.25) is 0 Å². The maximum absolute atomic E-state index is 4.34. The predicted octanol–water partition coefficient (Wildman–Crippen LogP) is 3.30. The highest BCUT2D eigenvalue weighted by Gasteiger charge is 2.04. The summed E-state index contributed by atoms with van der Waals surface area (Å²) in [5, 5.41) is 6.42. The van der Waals surface area contributed by atoms with Crippen LogP contribution < -0.4 is 10.6 Å². The molecular formula is C14H17N3. The fraction of sp³-hybridized carbons (Fsp3) is 0.214. The predicted molar refractivity (Wildman–Crippen MR) is 72.3 cm³/mol. The number of aromatic nitrogens is 1. The zero-order valence-corrected chi connectivity index (χ0v) is 10.1. The summed E-state index contributed by atoms with van der Waals surface area (Å²) >= 11 is 0. The number of nitrogens with zero attached hydrogens (tertiary/aromatic N) is 1. The summed E-state index contributed by atoms with van der Waals surface area (Å²) in [7, 11) is 1.89. The van der Waals surface area contributed by atoms with E-state index >= 15 is 0 Å². The average Bonchev–Trinajstić information content (AvgIpc) is 2.40. The summed E-state index contributed by atoms with van der Waals surface area (Å²) in [6, 6.07) is 14.6. The number of anilines is 2. The summed E-state index contributed by atoms with van der Waals surface area (Å²) in [6.07, 6.45) is 1.82. The Morgan fingerprint density at radius 1 is 1.06 bits per heavy atom. The van der Waals surface area contributed by atoms with Crippen LogP contribution in [0, 0.1) is 0 Å². The normalized spacial score (nSPS) is 11.9. The first kappa shape index (κ1) is 11.5. The van der Waals surface area contributed by atoms with Gasteiger partial charge in [0.2, 0.25) is 0 Å². The lowest BCUT2D eigenvalue weighted by Gasteiger charge is -2.15. The van der Waals surface area contributed by atoms with E-state index < -0.39 is 0 Å². The van der Waals surface area contributed by atoms with Gasteiger partial charge in [-0.15, -0.1) is 0 Å². The van der Waals surface area contributed by atoms with E-state index in [9.17, 15) is 0 Å². The first-order valence-corrected chi connectivity index (χ1v) is 5.75. The highest BCUT2D eigenvalue weighted by Crippen LogP contribution is 2.18. The van der Waals surface area contributed by atoms with Gasteiger partial charge in [-0.3, -0.25) is 0 Å². The molecule has 0 fully saturated rings. The van der Waals surface area contributed by atoms with E-state index in [0.717, 1.165) is 11.5 Å². The van der Waals surface area contributed by atoms with Crippen LogP contribution in [0.25, 0.3) is 0 Å². The van der Waals surface area contributed by atoms with E-state index in [2.05, 4.69) is 34.7 Å². The minimum absolute atomic E-state index is 0.254. The molecule has 2 rings (SSSR count). The number of hydrogen-bond acceptors (Lipinski definition) is 3. The fourth-order valence-electron chi connectivity index (χ4n) is 1.67. The van der Waals surface area contributed by atoms with Gasteiger partial charge in [-0.05, 0) is 24.6 Å². The average molecular weight is 227 g/mol. The largest absolute Gasteiger partial charge is 0.387 e. The van der Waals surface area contributed by atoms with Gasteiger partial charge in [-0.1, -0.05) is 30.3 Å². The third kappa shape index (κ3) is 2.97. The van der Waals surface area contributed by atoms with Crippen molar-refractivity contribution in [2.75, 3.05) is 17.7 Å². The third-order valence-corrected chi connectivity index (χ3v) is 2.72. The Bertz CT molecular complexity index is 451. The van der Waals surface area contributed by atoms with Crippen LogP contribution in [-0.4, -0.2) is 12.0 Å². The molecule has 88 valence electrons. The highest BCUT2D eigenvalue weighted by atomic mass is 15.0. The first-order valence-electron chi connectivity index (χ1n) is 5.75.